The van der Waals surface area contributed by atoms with Crippen molar-refractivity contribution in [1.29, 1.82) is 0 Å². The van der Waals surface area contributed by atoms with Crippen LogP contribution in [-0.2, 0) is 16.0 Å². The van der Waals surface area contributed by atoms with Gasteiger partial charge in [-0.15, -0.1) is 0 Å². The Morgan fingerprint density at radius 3 is 2.96 bits per heavy atom. The number of carboxylic acid groups (broad SMARTS) is 1. The van der Waals surface area contributed by atoms with Crippen LogP contribution in [0.15, 0.2) is 42.5 Å². The first-order chi connectivity index (χ1) is 11.6. The van der Waals surface area contributed by atoms with Crippen molar-refractivity contribution >= 4 is 11.7 Å². The molecule has 1 saturated heterocycles. The number of hydrogen-bond acceptors (Lipinski definition) is 3. The number of nitrogens with one attached hydrogen (secondary N) is 1. The number of carbonyl (C=O) groups is 1. The number of benzene rings is 2. The first-order valence-electron chi connectivity index (χ1n) is 8.41. The summed E-state index contributed by atoms with van der Waals surface area (Å²) in [5.74, 6) is -0.431. The summed E-state index contributed by atoms with van der Waals surface area (Å²) in [7, 11) is 0. The molecule has 2 aliphatic heterocycles. The van der Waals surface area contributed by atoms with Crippen LogP contribution in [0, 0.1) is 12.8 Å². The number of hydrogen-bond donors (Lipinski definition) is 2. The summed E-state index contributed by atoms with van der Waals surface area (Å²) in [6.45, 7) is 2.86. The first-order valence-corrected chi connectivity index (χ1v) is 8.41. The number of fused-ring (bicyclic) bond motifs is 3. The summed E-state index contributed by atoms with van der Waals surface area (Å²) in [6.07, 6.45) is 1.10. The average Bonchev–Trinajstić information content (AvgIpc) is 3.03. The van der Waals surface area contributed by atoms with Crippen LogP contribution in [0.2, 0.25) is 0 Å². The van der Waals surface area contributed by atoms with E-state index in [2.05, 4.69) is 36.5 Å². The summed E-state index contributed by atoms with van der Waals surface area (Å²) >= 11 is 0. The Balaban J connectivity index is 1.72. The number of rotatable bonds is 3. The Morgan fingerprint density at radius 2 is 2.17 bits per heavy atom. The highest BCUT2D eigenvalue weighted by molar-refractivity contribution is 5.71. The molecule has 2 heterocycles. The highest BCUT2D eigenvalue weighted by atomic mass is 16.5. The van der Waals surface area contributed by atoms with Gasteiger partial charge in [0.25, 0.3) is 0 Å². The lowest BCUT2D eigenvalue weighted by Crippen LogP contribution is -2.29. The Hall–Kier alpha value is -2.33. The minimum atomic E-state index is -0.805. The topological polar surface area (TPSA) is 58.6 Å². The van der Waals surface area contributed by atoms with Crippen molar-refractivity contribution in [2.24, 2.45) is 5.92 Å². The molecular formula is C20H21NO3. The zero-order valence-corrected chi connectivity index (χ0v) is 13.7. The van der Waals surface area contributed by atoms with Crippen LogP contribution >= 0.6 is 0 Å². The van der Waals surface area contributed by atoms with E-state index in [0.29, 0.717) is 5.92 Å². The molecule has 0 spiro atoms. The number of anilines is 1. The van der Waals surface area contributed by atoms with Crippen LogP contribution in [0.25, 0.3) is 0 Å². The van der Waals surface area contributed by atoms with E-state index >= 15 is 0 Å². The second kappa shape index (κ2) is 5.95. The zero-order valence-electron chi connectivity index (χ0n) is 13.7. The Kier molecular flexibility index (Phi) is 3.77. The fourth-order valence-corrected chi connectivity index (χ4v) is 4.00. The number of aryl methyl sites for hydroxylation is 1. The minimum Gasteiger partial charge on any atom is -0.481 e. The molecule has 0 amide bonds. The average molecular weight is 323 g/mol. The molecule has 0 radical (unpaired) electrons. The van der Waals surface area contributed by atoms with E-state index in [1.165, 1.54) is 11.1 Å². The molecule has 4 rings (SSSR count). The molecule has 2 aromatic rings. The third kappa shape index (κ3) is 2.67. The van der Waals surface area contributed by atoms with Gasteiger partial charge < -0.3 is 15.2 Å². The van der Waals surface area contributed by atoms with E-state index in [1.807, 2.05) is 18.2 Å². The smallest absolute Gasteiger partial charge is 0.307 e. The highest BCUT2D eigenvalue weighted by Gasteiger charge is 2.41. The molecule has 1 fully saturated rings. The second-order valence-electron chi connectivity index (χ2n) is 6.77. The van der Waals surface area contributed by atoms with Crippen LogP contribution in [0.1, 0.15) is 40.8 Å². The van der Waals surface area contributed by atoms with E-state index in [9.17, 15) is 4.79 Å². The molecule has 4 heteroatoms. The molecule has 124 valence electrons. The van der Waals surface area contributed by atoms with E-state index in [4.69, 9.17) is 9.84 Å². The molecule has 3 unspecified atom stereocenters. The zero-order chi connectivity index (χ0) is 16.7. The quantitative estimate of drug-likeness (QED) is 0.900. The molecule has 24 heavy (non-hydrogen) atoms. The summed E-state index contributed by atoms with van der Waals surface area (Å²) in [5, 5.41) is 12.7. The van der Waals surface area contributed by atoms with E-state index in [1.54, 1.807) is 0 Å². The summed E-state index contributed by atoms with van der Waals surface area (Å²) in [6, 6.07) is 14.7. The molecule has 3 atom stereocenters. The molecule has 2 N–H and O–H groups in total. The maximum Gasteiger partial charge on any atom is 0.307 e. The normalized spacial score (nSPS) is 24.8. The van der Waals surface area contributed by atoms with Gasteiger partial charge in [0, 0.05) is 23.8 Å². The molecule has 0 aromatic heterocycles. The van der Waals surface area contributed by atoms with Crippen molar-refractivity contribution in [3.05, 3.63) is 64.7 Å². The predicted molar refractivity (Wildman–Crippen MR) is 92.1 cm³/mol. The van der Waals surface area contributed by atoms with Crippen molar-refractivity contribution in [3.8, 4) is 0 Å². The SMILES string of the molecule is Cc1cccc(C2Nc3ccc(CC(=O)O)cc3C3OCCC23)c1. The van der Waals surface area contributed by atoms with Crippen LogP contribution < -0.4 is 5.32 Å². The van der Waals surface area contributed by atoms with Crippen LogP contribution in [0.3, 0.4) is 0 Å². The monoisotopic (exact) mass is 323 g/mol. The van der Waals surface area contributed by atoms with Gasteiger partial charge in [0.1, 0.15) is 0 Å². The maximum atomic E-state index is 11.0. The van der Waals surface area contributed by atoms with Crippen molar-refractivity contribution in [2.75, 3.05) is 11.9 Å². The van der Waals surface area contributed by atoms with Gasteiger partial charge in [0.05, 0.1) is 18.6 Å². The number of carboxylic acids is 1. The van der Waals surface area contributed by atoms with Crippen molar-refractivity contribution in [1.82, 2.24) is 0 Å². The first kappa shape index (κ1) is 15.2. The van der Waals surface area contributed by atoms with Gasteiger partial charge in [-0.3, -0.25) is 4.79 Å². The van der Waals surface area contributed by atoms with Gasteiger partial charge in [-0.1, -0.05) is 42.0 Å². The van der Waals surface area contributed by atoms with E-state index < -0.39 is 5.97 Å². The van der Waals surface area contributed by atoms with E-state index in [0.717, 1.165) is 29.8 Å². The molecule has 0 aliphatic carbocycles. The molecule has 0 saturated carbocycles. The van der Waals surface area contributed by atoms with Gasteiger partial charge in [-0.05, 0) is 30.5 Å². The lowest BCUT2D eigenvalue weighted by Gasteiger charge is -2.37. The van der Waals surface area contributed by atoms with Gasteiger partial charge in [-0.25, -0.2) is 0 Å². The van der Waals surface area contributed by atoms with Crippen LogP contribution in [-0.4, -0.2) is 17.7 Å². The Morgan fingerprint density at radius 1 is 1.29 bits per heavy atom. The minimum absolute atomic E-state index is 0.0421. The summed E-state index contributed by atoms with van der Waals surface area (Å²) in [4.78, 5) is 11.0. The maximum absolute atomic E-state index is 11.0. The fourth-order valence-electron chi connectivity index (χ4n) is 4.00. The highest BCUT2D eigenvalue weighted by Crippen LogP contribution is 2.50. The van der Waals surface area contributed by atoms with Crippen molar-refractivity contribution < 1.29 is 14.6 Å². The van der Waals surface area contributed by atoms with Crippen LogP contribution in [0.4, 0.5) is 5.69 Å². The van der Waals surface area contributed by atoms with Gasteiger partial charge in [-0.2, -0.15) is 0 Å². The van der Waals surface area contributed by atoms with Gasteiger partial charge in [0.15, 0.2) is 0 Å². The van der Waals surface area contributed by atoms with Crippen molar-refractivity contribution in [2.45, 2.75) is 31.9 Å². The third-order valence-electron chi connectivity index (χ3n) is 5.06. The largest absolute Gasteiger partial charge is 0.481 e. The molecule has 0 bridgehead atoms. The molecule has 2 aliphatic rings. The summed E-state index contributed by atoms with van der Waals surface area (Å²) in [5.41, 5.74) is 5.52. The second-order valence-corrected chi connectivity index (χ2v) is 6.77. The lowest BCUT2D eigenvalue weighted by molar-refractivity contribution is -0.136. The fraction of sp³-hybridized carbons (Fsp3) is 0.350. The third-order valence-corrected chi connectivity index (χ3v) is 5.06. The number of ether oxygens (including phenoxy) is 1. The Labute approximate surface area is 141 Å². The number of aliphatic carboxylic acids is 1. The Bertz CT molecular complexity index is 786. The van der Waals surface area contributed by atoms with Gasteiger partial charge in [0.2, 0.25) is 0 Å². The van der Waals surface area contributed by atoms with Gasteiger partial charge >= 0.3 is 5.97 Å². The van der Waals surface area contributed by atoms with E-state index in [-0.39, 0.29) is 18.6 Å². The lowest BCUT2D eigenvalue weighted by atomic mass is 9.80. The van der Waals surface area contributed by atoms with Crippen molar-refractivity contribution in [3.63, 3.8) is 0 Å². The standard InChI is InChI=1S/C20H21NO3/c1-12-3-2-4-14(9-12)19-15-7-8-24-20(15)16-10-13(11-18(22)23)5-6-17(16)21-19/h2-6,9-10,15,19-21H,7-8,11H2,1H3,(H,22,23). The molecule has 4 nitrogen and oxygen atoms in total. The van der Waals surface area contributed by atoms with Crippen LogP contribution in [0.5, 0.6) is 0 Å². The predicted octanol–water partition coefficient (Wildman–Crippen LogP) is 3.87. The molecular weight excluding hydrogens is 302 g/mol. The molecule has 2 aromatic carbocycles. The summed E-state index contributed by atoms with van der Waals surface area (Å²) < 4.78 is 6.04.